The van der Waals surface area contributed by atoms with Gasteiger partial charge in [-0.25, -0.2) is 4.79 Å². The van der Waals surface area contributed by atoms with Gasteiger partial charge in [-0.1, -0.05) is 18.1 Å². The van der Waals surface area contributed by atoms with Crippen molar-refractivity contribution in [2.24, 2.45) is 5.92 Å². The van der Waals surface area contributed by atoms with E-state index in [-0.39, 0.29) is 17.9 Å². The minimum atomic E-state index is -0.0794. The molecule has 148 valence electrons. The maximum absolute atomic E-state index is 12.8. The minimum absolute atomic E-state index is 0.0266. The predicted molar refractivity (Wildman–Crippen MR) is 108 cm³/mol. The number of aryl methyl sites for hydroxylation is 2. The molecule has 2 aliphatic rings. The number of benzene rings is 1. The average Bonchev–Trinajstić information content (AvgIpc) is 3.47. The number of carbonyl (C=O) groups excluding carboxylic acids is 1. The Labute approximate surface area is 169 Å². The van der Waals surface area contributed by atoms with Crippen molar-refractivity contribution in [3.63, 3.8) is 0 Å². The van der Waals surface area contributed by atoms with Crippen LogP contribution < -0.4 is 5.32 Å². The zero-order valence-corrected chi connectivity index (χ0v) is 16.3. The highest BCUT2D eigenvalue weighted by Crippen LogP contribution is 2.33. The summed E-state index contributed by atoms with van der Waals surface area (Å²) in [6.07, 6.45) is 6.85. The van der Waals surface area contributed by atoms with E-state index in [1.165, 1.54) is 17.5 Å². The molecule has 2 aromatic heterocycles. The molecule has 2 amide bonds. The highest BCUT2D eigenvalue weighted by Gasteiger charge is 2.37. The van der Waals surface area contributed by atoms with Crippen LogP contribution >= 0.6 is 0 Å². The van der Waals surface area contributed by atoms with E-state index in [0.29, 0.717) is 24.8 Å². The Morgan fingerprint density at radius 3 is 2.97 bits per heavy atom. The van der Waals surface area contributed by atoms with Crippen LogP contribution in [0.3, 0.4) is 0 Å². The molecule has 0 radical (unpaired) electrons. The van der Waals surface area contributed by atoms with Gasteiger partial charge in [-0.15, -0.1) is 0 Å². The first kappa shape index (κ1) is 17.8. The van der Waals surface area contributed by atoms with Crippen LogP contribution in [0, 0.1) is 5.92 Å². The van der Waals surface area contributed by atoms with Crippen molar-refractivity contribution in [2.45, 2.75) is 32.1 Å². The van der Waals surface area contributed by atoms with Gasteiger partial charge in [0, 0.05) is 36.7 Å². The van der Waals surface area contributed by atoms with E-state index in [1.54, 1.807) is 12.4 Å². The number of urea groups is 1. The smallest absolute Gasteiger partial charge is 0.321 e. The number of nitrogens with zero attached hydrogens (tertiary/aromatic N) is 4. The Hall–Kier alpha value is -3.22. The number of rotatable bonds is 3. The summed E-state index contributed by atoms with van der Waals surface area (Å²) in [6.45, 7) is 3.33. The summed E-state index contributed by atoms with van der Waals surface area (Å²) in [4.78, 5) is 23.3. The molecule has 3 heterocycles. The van der Waals surface area contributed by atoms with Gasteiger partial charge in [-0.2, -0.15) is 4.98 Å². The molecule has 0 saturated carbocycles. The number of pyridine rings is 1. The van der Waals surface area contributed by atoms with Gasteiger partial charge in [0.25, 0.3) is 0 Å². The standard InChI is InChI=1S/C22H23N5O2/c1-14-12-27(22(28)24-18-8-7-15-4-2-5-16(15)10-18)13-19(14)21-25-20(26-29-21)17-6-3-9-23-11-17/h3,6-11,14,19H,2,4-5,12-13H2,1H3,(H,24,28)/t14-,19-/m0/s1. The monoisotopic (exact) mass is 389 g/mol. The molecule has 2 atom stereocenters. The van der Waals surface area contributed by atoms with Crippen molar-refractivity contribution in [2.75, 3.05) is 18.4 Å². The molecule has 3 aromatic rings. The molecule has 1 aliphatic heterocycles. The summed E-state index contributed by atoms with van der Waals surface area (Å²) in [7, 11) is 0. The largest absolute Gasteiger partial charge is 0.339 e. The molecule has 1 aliphatic carbocycles. The number of aromatic nitrogens is 3. The number of anilines is 1. The zero-order valence-electron chi connectivity index (χ0n) is 16.3. The normalized spacial score (nSPS) is 20.7. The van der Waals surface area contributed by atoms with Gasteiger partial charge in [0.05, 0.1) is 5.92 Å². The second-order valence-electron chi connectivity index (χ2n) is 7.95. The fraction of sp³-hybridized carbons (Fsp3) is 0.364. The first-order chi connectivity index (χ1) is 14.2. The summed E-state index contributed by atoms with van der Waals surface area (Å²) >= 11 is 0. The molecule has 0 bridgehead atoms. The molecule has 1 saturated heterocycles. The quantitative estimate of drug-likeness (QED) is 0.735. The molecular formula is C22H23N5O2. The summed E-state index contributed by atoms with van der Waals surface area (Å²) in [5.41, 5.74) is 4.44. The van der Waals surface area contributed by atoms with Gasteiger partial charge in [0.15, 0.2) is 0 Å². The highest BCUT2D eigenvalue weighted by molar-refractivity contribution is 5.89. The topological polar surface area (TPSA) is 84.2 Å². The van der Waals surface area contributed by atoms with Crippen molar-refractivity contribution in [1.82, 2.24) is 20.0 Å². The summed E-state index contributed by atoms with van der Waals surface area (Å²) < 4.78 is 5.52. The lowest BCUT2D eigenvalue weighted by molar-refractivity contribution is 0.220. The van der Waals surface area contributed by atoms with E-state index in [9.17, 15) is 4.79 Å². The van der Waals surface area contributed by atoms with Gasteiger partial charge < -0.3 is 14.7 Å². The minimum Gasteiger partial charge on any atom is -0.339 e. The first-order valence-electron chi connectivity index (χ1n) is 10.1. The number of carbonyl (C=O) groups is 1. The third-order valence-electron chi connectivity index (χ3n) is 5.93. The van der Waals surface area contributed by atoms with Crippen LogP contribution in [-0.4, -0.2) is 39.1 Å². The lowest BCUT2D eigenvalue weighted by Crippen LogP contribution is -2.33. The molecule has 7 heteroatoms. The van der Waals surface area contributed by atoms with E-state index in [0.717, 1.165) is 24.1 Å². The Balaban J connectivity index is 1.27. The Bertz CT molecular complexity index is 1030. The van der Waals surface area contributed by atoms with Crippen molar-refractivity contribution >= 4 is 11.7 Å². The number of hydrogen-bond acceptors (Lipinski definition) is 5. The molecule has 7 nitrogen and oxygen atoms in total. The third-order valence-corrected chi connectivity index (χ3v) is 5.93. The van der Waals surface area contributed by atoms with Crippen LogP contribution in [0.25, 0.3) is 11.4 Å². The Morgan fingerprint density at radius 2 is 2.10 bits per heavy atom. The number of likely N-dealkylation sites (tertiary alicyclic amines) is 1. The van der Waals surface area contributed by atoms with Gasteiger partial charge in [-0.3, -0.25) is 4.98 Å². The molecule has 29 heavy (non-hydrogen) atoms. The van der Waals surface area contributed by atoms with Crippen LogP contribution in [0.2, 0.25) is 0 Å². The van der Waals surface area contributed by atoms with Gasteiger partial charge in [-0.05, 0) is 60.6 Å². The average molecular weight is 389 g/mol. The zero-order chi connectivity index (χ0) is 19.8. The van der Waals surface area contributed by atoms with Crippen LogP contribution in [0.15, 0.2) is 47.2 Å². The van der Waals surface area contributed by atoms with Crippen LogP contribution in [0.1, 0.15) is 36.3 Å². The lowest BCUT2D eigenvalue weighted by Gasteiger charge is -2.17. The summed E-state index contributed by atoms with van der Waals surface area (Å²) in [5.74, 6) is 1.37. The van der Waals surface area contributed by atoms with E-state index >= 15 is 0 Å². The second kappa shape index (κ2) is 7.31. The van der Waals surface area contributed by atoms with Crippen LogP contribution in [0.5, 0.6) is 0 Å². The van der Waals surface area contributed by atoms with E-state index in [4.69, 9.17) is 4.52 Å². The van der Waals surface area contributed by atoms with E-state index in [1.807, 2.05) is 23.1 Å². The summed E-state index contributed by atoms with van der Waals surface area (Å²) in [5, 5.41) is 7.14. The second-order valence-corrected chi connectivity index (χ2v) is 7.95. The number of hydrogen-bond donors (Lipinski definition) is 1. The molecule has 5 rings (SSSR count). The SMILES string of the molecule is C[C@H]1CN(C(=O)Nc2ccc3c(c2)CCC3)C[C@@H]1c1nc(-c2cccnc2)no1. The molecule has 0 unspecified atom stereocenters. The fourth-order valence-corrected chi connectivity index (χ4v) is 4.30. The third kappa shape index (κ3) is 3.48. The van der Waals surface area contributed by atoms with E-state index in [2.05, 4.69) is 39.5 Å². The first-order valence-corrected chi connectivity index (χ1v) is 10.1. The molecular weight excluding hydrogens is 366 g/mol. The van der Waals surface area contributed by atoms with Gasteiger partial charge >= 0.3 is 6.03 Å². The maximum Gasteiger partial charge on any atom is 0.321 e. The van der Waals surface area contributed by atoms with Crippen molar-refractivity contribution < 1.29 is 9.32 Å². The van der Waals surface area contributed by atoms with E-state index < -0.39 is 0 Å². The number of nitrogens with one attached hydrogen (secondary N) is 1. The fourth-order valence-electron chi connectivity index (χ4n) is 4.30. The Morgan fingerprint density at radius 1 is 1.21 bits per heavy atom. The Kier molecular flexibility index (Phi) is 4.50. The maximum atomic E-state index is 12.8. The molecule has 1 N–H and O–H groups in total. The van der Waals surface area contributed by atoms with Crippen LogP contribution in [0.4, 0.5) is 10.5 Å². The number of fused-ring (bicyclic) bond motifs is 1. The highest BCUT2D eigenvalue weighted by atomic mass is 16.5. The molecule has 1 fully saturated rings. The van der Waals surface area contributed by atoms with Crippen molar-refractivity contribution in [1.29, 1.82) is 0 Å². The molecule has 0 spiro atoms. The van der Waals surface area contributed by atoms with Gasteiger partial charge in [0.1, 0.15) is 0 Å². The predicted octanol–water partition coefficient (Wildman–Crippen LogP) is 3.89. The van der Waals surface area contributed by atoms with Crippen molar-refractivity contribution in [3.8, 4) is 11.4 Å². The van der Waals surface area contributed by atoms with Gasteiger partial charge in [0.2, 0.25) is 11.7 Å². The van der Waals surface area contributed by atoms with Crippen molar-refractivity contribution in [3.05, 3.63) is 59.7 Å². The number of amides is 2. The summed E-state index contributed by atoms with van der Waals surface area (Å²) in [6, 6.07) is 9.90. The van der Waals surface area contributed by atoms with Crippen LogP contribution in [-0.2, 0) is 12.8 Å². The molecule has 1 aromatic carbocycles. The lowest BCUT2D eigenvalue weighted by atomic mass is 9.98.